The molecule has 18 nitrogen and oxygen atoms in total. The van der Waals surface area contributed by atoms with Crippen LogP contribution in [0.25, 0.3) is 0 Å². The van der Waals surface area contributed by atoms with Crippen molar-refractivity contribution in [3.63, 3.8) is 0 Å². The summed E-state index contributed by atoms with van der Waals surface area (Å²) in [6.45, 7) is 12.9. The zero-order chi connectivity index (χ0) is 37.8. The highest BCUT2D eigenvalue weighted by Crippen LogP contribution is 2.20. The molecule has 0 unspecified atom stereocenters. The predicted octanol–water partition coefficient (Wildman–Crippen LogP) is -0.437. The van der Waals surface area contributed by atoms with E-state index in [1.165, 1.54) is 6.92 Å². The highest BCUT2D eigenvalue weighted by Gasteiger charge is 2.46. The van der Waals surface area contributed by atoms with Crippen LogP contribution in [-0.4, -0.2) is 205 Å². The summed E-state index contributed by atoms with van der Waals surface area (Å²) in [5.41, 5.74) is -1.67. The number of rotatable bonds is 41. The zero-order valence-corrected chi connectivity index (χ0v) is 31.1. The van der Waals surface area contributed by atoms with E-state index in [1.54, 1.807) is 7.11 Å². The van der Waals surface area contributed by atoms with Gasteiger partial charge in [-0.1, -0.05) is 0 Å². The Morgan fingerprint density at radius 2 is 0.808 bits per heavy atom. The fraction of sp³-hybridized carbons (Fsp3) is 0.853. The van der Waals surface area contributed by atoms with Gasteiger partial charge in [-0.3, -0.25) is 14.5 Å². The molecule has 0 aromatic heterocycles. The molecule has 0 radical (unpaired) electrons. The lowest BCUT2D eigenvalue weighted by molar-refractivity contribution is -0.160. The average molecular weight is 755 g/mol. The Morgan fingerprint density at radius 3 is 1.08 bits per heavy atom. The molecule has 304 valence electrons. The van der Waals surface area contributed by atoms with Crippen molar-refractivity contribution in [2.45, 2.75) is 18.9 Å². The van der Waals surface area contributed by atoms with Gasteiger partial charge in [0.2, 0.25) is 0 Å². The average Bonchev–Trinajstić information content (AvgIpc) is 3.48. The van der Waals surface area contributed by atoms with Crippen molar-refractivity contribution in [1.82, 2.24) is 10.2 Å². The summed E-state index contributed by atoms with van der Waals surface area (Å²) in [6.07, 6.45) is 2.76. The van der Waals surface area contributed by atoms with Crippen LogP contribution < -0.4 is 5.32 Å². The summed E-state index contributed by atoms with van der Waals surface area (Å²) >= 11 is 0. The van der Waals surface area contributed by atoms with E-state index in [-0.39, 0.29) is 6.54 Å². The first-order valence-corrected chi connectivity index (χ1v) is 17.8. The summed E-state index contributed by atoms with van der Waals surface area (Å²) in [7, 11) is 1.64. The third kappa shape index (κ3) is 25.7. The molecule has 0 aliphatic carbocycles. The Kier molecular flexibility index (Phi) is 31.8. The number of nitrogens with one attached hydrogen (secondary N) is 1. The molecule has 0 saturated heterocycles. The standard InChI is InChI=1S/C34H62N2O16/c1-34(33(39)40,36-31(37)4-5-32(36)38)30-35-6-3-7-42-10-11-44-14-15-46-18-19-48-22-23-50-26-27-52-29-28-51-25-24-49-21-20-47-17-16-45-13-12-43-9-8-41-2/h4-5,35H,3,6-30H2,1-2H3,(H,39,40)/t34-/m0/s1. The molecular weight excluding hydrogens is 692 g/mol. The number of aliphatic carboxylic acids is 1. The minimum atomic E-state index is -1.67. The third-order valence-corrected chi connectivity index (χ3v) is 7.03. The number of carboxylic acid groups (broad SMARTS) is 1. The van der Waals surface area contributed by atoms with Crippen LogP contribution in [0, 0.1) is 0 Å². The molecule has 52 heavy (non-hydrogen) atoms. The Labute approximate surface area is 307 Å². The Hall–Kier alpha value is -2.17. The lowest BCUT2D eigenvalue weighted by atomic mass is 10.00. The van der Waals surface area contributed by atoms with E-state index in [4.69, 9.17) is 56.8 Å². The fourth-order valence-corrected chi connectivity index (χ4v) is 4.21. The second kappa shape index (κ2) is 34.6. The van der Waals surface area contributed by atoms with Gasteiger partial charge in [-0.2, -0.15) is 0 Å². The second-order valence-corrected chi connectivity index (χ2v) is 11.2. The maximum absolute atomic E-state index is 11.9. The van der Waals surface area contributed by atoms with Crippen LogP contribution in [0.4, 0.5) is 0 Å². The minimum Gasteiger partial charge on any atom is -0.479 e. The Balaban J connectivity index is 1.70. The number of carbonyl (C=O) groups excluding carboxylic acids is 2. The summed E-state index contributed by atoms with van der Waals surface area (Å²) in [5.74, 6) is -2.53. The monoisotopic (exact) mass is 754 g/mol. The van der Waals surface area contributed by atoms with Crippen LogP contribution in [0.15, 0.2) is 12.2 Å². The zero-order valence-electron chi connectivity index (χ0n) is 31.1. The van der Waals surface area contributed by atoms with Crippen LogP contribution in [0.2, 0.25) is 0 Å². The van der Waals surface area contributed by atoms with Gasteiger partial charge in [0.05, 0.1) is 145 Å². The summed E-state index contributed by atoms with van der Waals surface area (Å²) in [6, 6.07) is 0. The summed E-state index contributed by atoms with van der Waals surface area (Å²) in [4.78, 5) is 36.3. The van der Waals surface area contributed by atoms with Gasteiger partial charge >= 0.3 is 5.97 Å². The number of hydrogen-bond acceptors (Lipinski definition) is 16. The van der Waals surface area contributed by atoms with Crippen molar-refractivity contribution in [2.75, 3.05) is 172 Å². The highest BCUT2D eigenvalue weighted by atomic mass is 16.6. The Bertz CT molecular complexity index is 897. The first-order valence-electron chi connectivity index (χ1n) is 17.8. The van der Waals surface area contributed by atoms with Crippen molar-refractivity contribution in [2.24, 2.45) is 0 Å². The van der Waals surface area contributed by atoms with E-state index >= 15 is 0 Å². The van der Waals surface area contributed by atoms with Crippen LogP contribution in [0.5, 0.6) is 0 Å². The molecule has 1 aliphatic rings. The van der Waals surface area contributed by atoms with E-state index in [1.807, 2.05) is 0 Å². The number of imide groups is 1. The maximum Gasteiger partial charge on any atom is 0.331 e. The number of ether oxygens (including phenoxy) is 12. The summed E-state index contributed by atoms with van der Waals surface area (Å²) < 4.78 is 64.8. The number of methoxy groups -OCH3 is 1. The second-order valence-electron chi connectivity index (χ2n) is 11.2. The molecule has 0 spiro atoms. The molecule has 0 bridgehead atoms. The molecular formula is C34H62N2O16. The van der Waals surface area contributed by atoms with E-state index in [2.05, 4.69) is 5.32 Å². The van der Waals surface area contributed by atoms with Crippen LogP contribution in [0.3, 0.4) is 0 Å². The van der Waals surface area contributed by atoms with Gasteiger partial charge in [0.25, 0.3) is 11.8 Å². The molecule has 0 saturated carbocycles. The molecule has 2 N–H and O–H groups in total. The molecule has 0 aromatic carbocycles. The van der Waals surface area contributed by atoms with E-state index in [9.17, 15) is 19.5 Å². The third-order valence-electron chi connectivity index (χ3n) is 7.03. The molecule has 1 heterocycles. The summed E-state index contributed by atoms with van der Waals surface area (Å²) in [5, 5.41) is 12.6. The molecule has 2 amide bonds. The lowest BCUT2D eigenvalue weighted by Gasteiger charge is -2.33. The SMILES string of the molecule is COCCOCCOCCOCCOCCOCCOCCOCCOCCOCCOCCOCCCNC[C@@](C)(C(=O)O)N1C(=O)C=CC1=O. The number of hydrogen-bond donors (Lipinski definition) is 2. The number of carboxylic acids is 1. The molecule has 0 fully saturated rings. The van der Waals surface area contributed by atoms with E-state index in [0.29, 0.717) is 165 Å². The van der Waals surface area contributed by atoms with Gasteiger partial charge in [-0.05, 0) is 19.9 Å². The topological polar surface area (TPSA) is 197 Å². The molecule has 1 aliphatic heterocycles. The van der Waals surface area contributed by atoms with Crippen LogP contribution in [0.1, 0.15) is 13.3 Å². The van der Waals surface area contributed by atoms with Gasteiger partial charge in [-0.25, -0.2) is 4.79 Å². The fourth-order valence-electron chi connectivity index (χ4n) is 4.21. The van der Waals surface area contributed by atoms with Gasteiger partial charge < -0.3 is 67.3 Å². The maximum atomic E-state index is 11.9. The van der Waals surface area contributed by atoms with E-state index in [0.717, 1.165) is 17.1 Å². The molecule has 1 rings (SSSR count). The van der Waals surface area contributed by atoms with Gasteiger partial charge in [0, 0.05) is 32.4 Å². The Morgan fingerprint density at radius 1 is 0.538 bits per heavy atom. The number of nitrogens with zero attached hydrogens (tertiary/aromatic N) is 1. The number of carbonyl (C=O) groups is 3. The quantitative estimate of drug-likeness (QED) is 0.0602. The number of amides is 2. The normalized spacial score (nSPS) is 14.2. The first-order chi connectivity index (χ1) is 25.4. The van der Waals surface area contributed by atoms with Gasteiger partial charge in [0.15, 0.2) is 5.54 Å². The van der Waals surface area contributed by atoms with Crippen molar-refractivity contribution >= 4 is 17.8 Å². The molecule has 1 atom stereocenters. The van der Waals surface area contributed by atoms with Crippen LogP contribution in [-0.2, 0) is 71.2 Å². The predicted molar refractivity (Wildman–Crippen MR) is 185 cm³/mol. The van der Waals surface area contributed by atoms with Crippen molar-refractivity contribution in [3.05, 3.63) is 12.2 Å². The van der Waals surface area contributed by atoms with E-state index < -0.39 is 23.3 Å². The van der Waals surface area contributed by atoms with Crippen molar-refractivity contribution in [3.8, 4) is 0 Å². The largest absolute Gasteiger partial charge is 0.479 e. The van der Waals surface area contributed by atoms with Crippen molar-refractivity contribution < 1.29 is 76.3 Å². The van der Waals surface area contributed by atoms with Gasteiger partial charge in [0.1, 0.15) is 0 Å². The highest BCUT2D eigenvalue weighted by molar-refractivity contribution is 6.15. The van der Waals surface area contributed by atoms with Crippen LogP contribution >= 0.6 is 0 Å². The van der Waals surface area contributed by atoms with Gasteiger partial charge in [-0.15, -0.1) is 0 Å². The lowest BCUT2D eigenvalue weighted by Crippen LogP contribution is -2.60. The smallest absolute Gasteiger partial charge is 0.331 e. The molecule has 18 heteroatoms. The van der Waals surface area contributed by atoms with Crippen molar-refractivity contribution in [1.29, 1.82) is 0 Å². The first kappa shape index (κ1) is 47.9. The molecule has 0 aromatic rings. The minimum absolute atomic E-state index is 0.0701.